The van der Waals surface area contributed by atoms with Crippen molar-refractivity contribution in [1.29, 1.82) is 0 Å². The Kier molecular flexibility index (Phi) is 4.93. The van der Waals surface area contributed by atoms with E-state index < -0.39 is 0 Å². The number of hydrogen-bond acceptors (Lipinski definition) is 4. The van der Waals surface area contributed by atoms with Crippen molar-refractivity contribution in [1.82, 2.24) is 5.32 Å². The van der Waals surface area contributed by atoms with E-state index in [9.17, 15) is 5.11 Å². The number of methoxy groups -OCH3 is 1. The van der Waals surface area contributed by atoms with E-state index in [1.807, 2.05) is 18.2 Å². The molecule has 1 atom stereocenters. The Bertz CT molecular complexity index is 819. The van der Waals surface area contributed by atoms with Gasteiger partial charge >= 0.3 is 0 Å². The average molecular weight is 360 g/mol. The first-order chi connectivity index (χ1) is 11.7. The summed E-state index contributed by atoms with van der Waals surface area (Å²) in [4.78, 5) is 0. The Labute approximate surface area is 153 Å². The highest BCUT2D eigenvalue weighted by molar-refractivity contribution is 5.87. The third kappa shape index (κ3) is 2.75. The summed E-state index contributed by atoms with van der Waals surface area (Å²) in [6.07, 6.45) is 3.55. The van der Waals surface area contributed by atoms with Crippen molar-refractivity contribution >= 4 is 12.4 Å². The van der Waals surface area contributed by atoms with E-state index in [0.29, 0.717) is 12.4 Å². The van der Waals surface area contributed by atoms with Gasteiger partial charge in [0, 0.05) is 17.2 Å². The molecule has 0 fully saturated rings. The highest BCUT2D eigenvalue weighted by Crippen LogP contribution is 2.52. The van der Waals surface area contributed by atoms with Crippen LogP contribution in [-0.2, 0) is 12.8 Å². The summed E-state index contributed by atoms with van der Waals surface area (Å²) >= 11 is 0. The maximum absolute atomic E-state index is 10.5. The van der Waals surface area contributed by atoms with Gasteiger partial charge in [0.05, 0.1) is 7.11 Å². The van der Waals surface area contributed by atoms with Gasteiger partial charge in [-0.15, -0.1) is 12.4 Å². The predicted molar refractivity (Wildman–Crippen MR) is 101 cm³/mol. The van der Waals surface area contributed by atoms with Gasteiger partial charge in [0.15, 0.2) is 11.5 Å². The van der Waals surface area contributed by atoms with Crippen LogP contribution in [-0.4, -0.2) is 25.4 Å². The fourth-order valence-electron chi connectivity index (χ4n) is 3.96. The molecule has 0 amide bonds. The van der Waals surface area contributed by atoms with Gasteiger partial charge in [0.1, 0.15) is 12.4 Å². The highest BCUT2D eigenvalue weighted by atomic mass is 35.5. The smallest absolute Gasteiger partial charge is 0.168 e. The first-order valence-corrected chi connectivity index (χ1v) is 8.26. The standard InChI is InChI=1S/C20H21NO3.ClH/c1-3-9-24-16-6-4-5-12-10-14-17-13(7-8-21-14)11-15(22)20(23-2)19(17)18(12)16;/h3-6,11,14,21-22H,1,7-10H2,2H3;1H. The zero-order chi connectivity index (χ0) is 16.7. The summed E-state index contributed by atoms with van der Waals surface area (Å²) in [6, 6.07) is 8.21. The molecule has 2 aromatic rings. The van der Waals surface area contributed by atoms with Gasteiger partial charge in [0.2, 0.25) is 0 Å². The largest absolute Gasteiger partial charge is 0.504 e. The van der Waals surface area contributed by atoms with E-state index >= 15 is 0 Å². The minimum atomic E-state index is 0. The van der Waals surface area contributed by atoms with E-state index in [1.54, 1.807) is 13.2 Å². The third-order valence-corrected chi connectivity index (χ3v) is 4.87. The highest BCUT2D eigenvalue weighted by Gasteiger charge is 2.34. The first kappa shape index (κ1) is 17.6. The van der Waals surface area contributed by atoms with Crippen molar-refractivity contribution in [2.45, 2.75) is 18.9 Å². The second-order valence-corrected chi connectivity index (χ2v) is 6.23. The topological polar surface area (TPSA) is 50.7 Å². The molecule has 0 aromatic heterocycles. The summed E-state index contributed by atoms with van der Waals surface area (Å²) in [5, 5.41) is 14.1. The summed E-state index contributed by atoms with van der Waals surface area (Å²) in [5.74, 6) is 1.53. The molecule has 0 radical (unpaired) electrons. The quantitative estimate of drug-likeness (QED) is 0.815. The lowest BCUT2D eigenvalue weighted by atomic mass is 9.77. The lowest BCUT2D eigenvalue weighted by molar-refractivity contribution is 0.359. The molecule has 4 nitrogen and oxygen atoms in total. The van der Waals surface area contributed by atoms with Crippen molar-refractivity contribution in [2.24, 2.45) is 0 Å². The minimum absolute atomic E-state index is 0. The van der Waals surface area contributed by atoms with Crippen molar-refractivity contribution in [3.8, 4) is 28.4 Å². The molecule has 0 bridgehead atoms. The normalized spacial score (nSPS) is 16.9. The Hall–Kier alpha value is -2.17. The van der Waals surface area contributed by atoms with Crippen LogP contribution in [0.1, 0.15) is 22.7 Å². The summed E-state index contributed by atoms with van der Waals surface area (Å²) in [5.41, 5.74) is 5.63. The number of nitrogens with one attached hydrogen (secondary N) is 1. The number of halogens is 1. The molecule has 0 saturated heterocycles. The second-order valence-electron chi connectivity index (χ2n) is 6.23. The van der Waals surface area contributed by atoms with E-state index in [2.05, 4.69) is 18.0 Å². The summed E-state index contributed by atoms with van der Waals surface area (Å²) in [6.45, 7) is 5.10. The van der Waals surface area contributed by atoms with Crippen LogP contribution in [0.2, 0.25) is 0 Å². The number of hydrogen-bond donors (Lipinski definition) is 2. The number of phenolic OH excluding ortho intramolecular Hbond substituents is 1. The van der Waals surface area contributed by atoms with Crippen LogP contribution in [0, 0.1) is 0 Å². The van der Waals surface area contributed by atoms with Crippen LogP contribution in [0.25, 0.3) is 11.1 Å². The summed E-state index contributed by atoms with van der Waals surface area (Å²) in [7, 11) is 1.60. The Morgan fingerprint density at radius 1 is 1.32 bits per heavy atom. The molecule has 25 heavy (non-hydrogen) atoms. The maximum atomic E-state index is 10.5. The van der Waals surface area contributed by atoms with Crippen LogP contribution < -0.4 is 14.8 Å². The molecule has 1 unspecified atom stereocenters. The number of aromatic hydroxyl groups is 1. The zero-order valence-corrected chi connectivity index (χ0v) is 15.0. The van der Waals surface area contributed by atoms with Gasteiger partial charge < -0.3 is 19.9 Å². The SMILES string of the molecule is C=CCOc1cccc2c1-c1c(OC)c(O)cc3c1C(C2)NCC3.Cl. The molecule has 1 heterocycles. The van der Waals surface area contributed by atoms with Gasteiger partial charge in [-0.1, -0.05) is 24.8 Å². The molecule has 0 saturated carbocycles. The minimum Gasteiger partial charge on any atom is -0.504 e. The molecule has 1 aliphatic carbocycles. The van der Waals surface area contributed by atoms with E-state index in [4.69, 9.17) is 9.47 Å². The molecule has 2 aromatic carbocycles. The Balaban J connectivity index is 0.00000182. The number of benzene rings is 2. The number of fused-ring (bicyclic) bond motifs is 2. The molecule has 5 heteroatoms. The van der Waals surface area contributed by atoms with Crippen LogP contribution in [0.3, 0.4) is 0 Å². The van der Waals surface area contributed by atoms with Gasteiger partial charge in [0.25, 0.3) is 0 Å². The predicted octanol–water partition coefficient (Wildman–Crippen LogP) is 3.80. The van der Waals surface area contributed by atoms with Crippen molar-refractivity contribution < 1.29 is 14.6 Å². The van der Waals surface area contributed by atoms with Crippen LogP contribution in [0.4, 0.5) is 0 Å². The monoisotopic (exact) mass is 359 g/mol. The molecule has 4 rings (SSSR count). The van der Waals surface area contributed by atoms with E-state index in [0.717, 1.165) is 36.3 Å². The lowest BCUT2D eigenvalue weighted by Crippen LogP contribution is -2.34. The van der Waals surface area contributed by atoms with Crippen molar-refractivity contribution in [2.75, 3.05) is 20.3 Å². The number of ether oxygens (including phenoxy) is 2. The van der Waals surface area contributed by atoms with Gasteiger partial charge in [-0.2, -0.15) is 0 Å². The number of rotatable bonds is 4. The molecule has 0 spiro atoms. The van der Waals surface area contributed by atoms with Crippen LogP contribution >= 0.6 is 12.4 Å². The molecular formula is C20H22ClNO3. The average Bonchev–Trinajstić information content (AvgIpc) is 2.59. The lowest BCUT2D eigenvalue weighted by Gasteiger charge is -2.36. The van der Waals surface area contributed by atoms with E-state index in [-0.39, 0.29) is 24.2 Å². The van der Waals surface area contributed by atoms with Crippen LogP contribution in [0.15, 0.2) is 36.9 Å². The fourth-order valence-corrected chi connectivity index (χ4v) is 3.96. The Morgan fingerprint density at radius 2 is 2.16 bits per heavy atom. The van der Waals surface area contributed by atoms with Gasteiger partial charge in [-0.05, 0) is 48.2 Å². The molecule has 2 N–H and O–H groups in total. The summed E-state index contributed by atoms with van der Waals surface area (Å²) < 4.78 is 11.5. The molecule has 2 aliphatic rings. The fraction of sp³-hybridized carbons (Fsp3) is 0.300. The maximum Gasteiger partial charge on any atom is 0.168 e. The van der Waals surface area contributed by atoms with Gasteiger partial charge in [-0.25, -0.2) is 0 Å². The number of phenols is 1. The second kappa shape index (κ2) is 6.98. The molecular weight excluding hydrogens is 338 g/mol. The van der Waals surface area contributed by atoms with E-state index in [1.165, 1.54) is 16.7 Å². The first-order valence-electron chi connectivity index (χ1n) is 8.26. The Morgan fingerprint density at radius 3 is 2.92 bits per heavy atom. The molecule has 132 valence electrons. The van der Waals surface area contributed by atoms with Crippen LogP contribution in [0.5, 0.6) is 17.2 Å². The zero-order valence-electron chi connectivity index (χ0n) is 14.2. The van der Waals surface area contributed by atoms with Crippen molar-refractivity contribution in [3.63, 3.8) is 0 Å². The molecule has 1 aliphatic heterocycles. The van der Waals surface area contributed by atoms with Gasteiger partial charge in [-0.3, -0.25) is 0 Å². The third-order valence-electron chi connectivity index (χ3n) is 4.87. The van der Waals surface area contributed by atoms with Crippen molar-refractivity contribution in [3.05, 3.63) is 53.6 Å².